The molecule has 5 rings (SSSR count). The Hall–Kier alpha value is -2.48. The number of aromatic nitrogens is 2. The van der Waals surface area contributed by atoms with Gasteiger partial charge in [0.25, 0.3) is 0 Å². The zero-order chi connectivity index (χ0) is 23.2. The molecule has 0 radical (unpaired) electrons. The molecule has 1 amide bonds. The van der Waals surface area contributed by atoms with Crippen molar-refractivity contribution < 1.29 is 18.0 Å². The maximum absolute atomic E-state index is 13.0. The molecule has 2 aliphatic carbocycles. The molecule has 0 unspecified atom stereocenters. The van der Waals surface area contributed by atoms with Crippen LogP contribution in [0, 0.1) is 0 Å². The second-order valence-corrected chi connectivity index (χ2v) is 11.6. The molecular weight excluding hydrogens is 438 g/mol. The average Bonchev–Trinajstić information content (AvgIpc) is 3.53. The monoisotopic (exact) mass is 469 g/mol. The van der Waals surface area contributed by atoms with E-state index >= 15 is 0 Å². The fourth-order valence-electron chi connectivity index (χ4n) is 5.82. The van der Waals surface area contributed by atoms with Crippen LogP contribution in [0.15, 0.2) is 23.4 Å². The maximum atomic E-state index is 13.0. The Morgan fingerprint density at radius 1 is 1.03 bits per heavy atom. The summed E-state index contributed by atoms with van der Waals surface area (Å²) >= 11 is 0. The summed E-state index contributed by atoms with van der Waals surface area (Å²) in [5, 5.41) is 4.29. The number of hydrogen-bond donors (Lipinski definition) is 0. The average molecular weight is 470 g/mol. The number of piperidine rings is 1. The molecule has 33 heavy (non-hydrogen) atoms. The van der Waals surface area contributed by atoms with Crippen LogP contribution in [0.4, 0.5) is 0 Å². The second-order valence-electron chi connectivity index (χ2n) is 9.68. The highest BCUT2D eigenvalue weighted by molar-refractivity contribution is 7.92. The topological polar surface area (TPSA) is 89.3 Å². The minimum atomic E-state index is -3.80. The van der Waals surface area contributed by atoms with E-state index in [1.807, 2.05) is 0 Å². The molecule has 7 nitrogen and oxygen atoms in total. The summed E-state index contributed by atoms with van der Waals surface area (Å²) in [7, 11) is -3.80. The van der Waals surface area contributed by atoms with Crippen molar-refractivity contribution in [1.82, 2.24) is 14.7 Å². The normalized spacial score (nSPS) is 18.4. The van der Waals surface area contributed by atoms with Gasteiger partial charge in [-0.25, -0.2) is 8.42 Å². The first-order valence-electron chi connectivity index (χ1n) is 12.0. The Kier molecular flexibility index (Phi) is 5.89. The molecule has 1 aromatic heterocycles. The van der Waals surface area contributed by atoms with Crippen molar-refractivity contribution in [3.05, 3.63) is 46.1 Å². The number of Topliss-reactive ketones (excluding diaryl/α,β-unsaturated/α-hetero) is 1. The standard InChI is InChI=1S/C25H31N3O4S/c1-17(29)27-11-8-20(9-12-27)28-13-10-25(26-28)33(31,32)16-21(30)15-24-22-6-2-4-18(22)14-19-5-3-7-23(19)24/h10,13-14,20H,2-9,11-12,15-16H2,1H3. The van der Waals surface area contributed by atoms with Crippen molar-refractivity contribution in [3.63, 3.8) is 0 Å². The van der Waals surface area contributed by atoms with Crippen molar-refractivity contribution in [2.45, 2.75) is 75.8 Å². The van der Waals surface area contributed by atoms with E-state index in [4.69, 9.17) is 0 Å². The number of ketones is 1. The number of nitrogens with zero attached hydrogens (tertiary/aromatic N) is 3. The first kappa shape index (κ1) is 22.3. The van der Waals surface area contributed by atoms with Crippen LogP contribution in [0.2, 0.25) is 0 Å². The van der Waals surface area contributed by atoms with E-state index < -0.39 is 15.6 Å². The van der Waals surface area contributed by atoms with Gasteiger partial charge in [-0.1, -0.05) is 6.07 Å². The van der Waals surface area contributed by atoms with Crippen LogP contribution < -0.4 is 0 Å². The van der Waals surface area contributed by atoms with E-state index in [2.05, 4.69) is 11.2 Å². The lowest BCUT2D eigenvalue weighted by Gasteiger charge is -2.31. The van der Waals surface area contributed by atoms with Gasteiger partial charge in [0, 0.05) is 32.6 Å². The number of fused-ring (bicyclic) bond motifs is 2. The third-order valence-electron chi connectivity index (χ3n) is 7.51. The van der Waals surface area contributed by atoms with Crippen LogP contribution in [-0.4, -0.2) is 53.6 Å². The Morgan fingerprint density at radius 2 is 1.67 bits per heavy atom. The second kappa shape index (κ2) is 8.70. The number of amides is 1. The molecule has 8 heteroatoms. The quantitative estimate of drug-likeness (QED) is 0.649. The van der Waals surface area contributed by atoms with Gasteiger partial charge in [-0.2, -0.15) is 5.10 Å². The number of sulfone groups is 1. The van der Waals surface area contributed by atoms with Crippen molar-refractivity contribution in [2.24, 2.45) is 0 Å². The van der Waals surface area contributed by atoms with E-state index in [0.717, 1.165) is 56.9 Å². The fraction of sp³-hybridized carbons (Fsp3) is 0.560. The molecule has 176 valence electrons. The van der Waals surface area contributed by atoms with Crippen molar-refractivity contribution >= 4 is 21.5 Å². The highest BCUT2D eigenvalue weighted by atomic mass is 32.2. The molecule has 2 aromatic rings. The number of benzene rings is 1. The molecule has 1 aliphatic heterocycles. The lowest BCUT2D eigenvalue weighted by molar-refractivity contribution is -0.130. The Labute approximate surface area is 195 Å². The third-order valence-corrected chi connectivity index (χ3v) is 9.07. The summed E-state index contributed by atoms with van der Waals surface area (Å²) in [6.07, 6.45) is 9.69. The molecule has 2 heterocycles. The van der Waals surface area contributed by atoms with Crippen LogP contribution in [0.25, 0.3) is 0 Å². The first-order valence-corrected chi connectivity index (χ1v) is 13.7. The van der Waals surface area contributed by atoms with E-state index in [1.165, 1.54) is 28.3 Å². The zero-order valence-corrected chi connectivity index (χ0v) is 20.0. The molecule has 0 N–H and O–H groups in total. The maximum Gasteiger partial charge on any atom is 0.219 e. The Balaban J connectivity index is 1.28. The number of rotatable bonds is 6. The lowest BCUT2D eigenvalue weighted by atomic mass is 9.91. The molecular formula is C25H31N3O4S. The van der Waals surface area contributed by atoms with Crippen LogP contribution in [0.3, 0.4) is 0 Å². The minimum absolute atomic E-state index is 0.0339. The third kappa shape index (κ3) is 4.37. The molecule has 0 bridgehead atoms. The van der Waals surface area contributed by atoms with Gasteiger partial charge in [-0.05, 0) is 85.3 Å². The predicted octanol–water partition coefficient (Wildman–Crippen LogP) is 2.63. The molecule has 1 aromatic carbocycles. The molecule has 0 spiro atoms. The van der Waals surface area contributed by atoms with Crippen LogP contribution >= 0.6 is 0 Å². The number of carbonyl (C=O) groups is 2. The van der Waals surface area contributed by atoms with Gasteiger partial charge in [0.15, 0.2) is 10.8 Å². The van der Waals surface area contributed by atoms with E-state index in [0.29, 0.717) is 13.1 Å². The summed E-state index contributed by atoms with van der Waals surface area (Å²) < 4.78 is 27.7. The van der Waals surface area contributed by atoms with Gasteiger partial charge in [0.1, 0.15) is 5.75 Å². The van der Waals surface area contributed by atoms with Crippen molar-refractivity contribution in [2.75, 3.05) is 18.8 Å². The number of likely N-dealkylation sites (tertiary alicyclic amines) is 1. The number of hydrogen-bond acceptors (Lipinski definition) is 5. The summed E-state index contributed by atoms with van der Waals surface area (Å²) in [6.45, 7) is 2.85. The smallest absolute Gasteiger partial charge is 0.219 e. The largest absolute Gasteiger partial charge is 0.343 e. The van der Waals surface area contributed by atoms with Gasteiger partial charge in [-0.15, -0.1) is 0 Å². The Morgan fingerprint density at radius 3 is 2.27 bits per heavy atom. The van der Waals surface area contributed by atoms with Gasteiger partial charge in [0.2, 0.25) is 15.7 Å². The number of aryl methyl sites for hydroxylation is 2. The molecule has 1 saturated heterocycles. The highest BCUT2D eigenvalue weighted by Gasteiger charge is 2.29. The zero-order valence-electron chi connectivity index (χ0n) is 19.2. The van der Waals surface area contributed by atoms with Gasteiger partial charge in [-0.3, -0.25) is 14.3 Å². The minimum Gasteiger partial charge on any atom is -0.343 e. The fourth-order valence-corrected chi connectivity index (χ4v) is 6.98. The van der Waals surface area contributed by atoms with E-state index in [1.54, 1.807) is 22.7 Å². The summed E-state index contributed by atoms with van der Waals surface area (Å²) in [5.41, 5.74) is 6.41. The number of carbonyl (C=O) groups excluding carboxylic acids is 2. The lowest BCUT2D eigenvalue weighted by Crippen LogP contribution is -2.37. The first-order chi connectivity index (χ1) is 15.8. The molecule has 0 atom stereocenters. The summed E-state index contributed by atoms with van der Waals surface area (Å²) in [5.74, 6) is -0.704. The molecule has 1 fully saturated rings. The Bertz CT molecular complexity index is 1170. The summed E-state index contributed by atoms with van der Waals surface area (Å²) in [4.78, 5) is 26.3. The van der Waals surface area contributed by atoms with Crippen LogP contribution in [0.5, 0.6) is 0 Å². The van der Waals surface area contributed by atoms with Crippen molar-refractivity contribution in [3.8, 4) is 0 Å². The van der Waals surface area contributed by atoms with Gasteiger partial charge in [0.05, 0.1) is 6.04 Å². The van der Waals surface area contributed by atoms with E-state index in [-0.39, 0.29) is 29.2 Å². The SMILES string of the molecule is CC(=O)N1CCC(n2ccc(S(=O)(=O)CC(=O)Cc3c4c(cc5c3CCC5)CCC4)n2)CC1. The van der Waals surface area contributed by atoms with Crippen LogP contribution in [0.1, 0.15) is 66.5 Å². The highest BCUT2D eigenvalue weighted by Crippen LogP contribution is 2.35. The predicted molar refractivity (Wildman–Crippen MR) is 124 cm³/mol. The van der Waals surface area contributed by atoms with Gasteiger partial charge >= 0.3 is 0 Å². The van der Waals surface area contributed by atoms with Crippen molar-refractivity contribution in [1.29, 1.82) is 0 Å². The molecule has 3 aliphatic rings. The molecule has 0 saturated carbocycles. The van der Waals surface area contributed by atoms with E-state index in [9.17, 15) is 18.0 Å². The summed E-state index contributed by atoms with van der Waals surface area (Å²) in [6, 6.07) is 3.88. The van der Waals surface area contributed by atoms with Gasteiger partial charge < -0.3 is 4.90 Å². The van der Waals surface area contributed by atoms with Crippen LogP contribution in [-0.2, 0) is 51.5 Å².